The van der Waals surface area contributed by atoms with Gasteiger partial charge in [0.25, 0.3) is 0 Å². The Morgan fingerprint density at radius 1 is 1.08 bits per heavy atom. The van der Waals surface area contributed by atoms with Crippen molar-refractivity contribution in [2.75, 3.05) is 27.3 Å². The van der Waals surface area contributed by atoms with Crippen molar-refractivity contribution in [3.05, 3.63) is 22.7 Å². The van der Waals surface area contributed by atoms with Crippen molar-refractivity contribution >= 4 is 46.5 Å². The highest BCUT2D eigenvalue weighted by molar-refractivity contribution is 6.39. The Bertz CT molecular complexity index is 1500. The minimum Gasteiger partial charge on any atom is -0.496 e. The Hall–Kier alpha value is -3.51. The van der Waals surface area contributed by atoms with E-state index < -0.39 is 53.0 Å². The number of rotatable bonds is 15. The average molecular weight is 731 g/mol. The molecule has 2 amide bonds. The molecule has 1 saturated carbocycles. The van der Waals surface area contributed by atoms with Crippen LogP contribution in [0.25, 0.3) is 0 Å². The van der Waals surface area contributed by atoms with Crippen molar-refractivity contribution in [3.63, 3.8) is 0 Å². The number of carbonyl (C=O) groups excluding carboxylic acids is 5. The minimum atomic E-state index is -1.08. The van der Waals surface area contributed by atoms with Crippen LogP contribution >= 0.6 is 11.6 Å². The smallest absolute Gasteiger partial charge is 0.246 e. The molecule has 12 nitrogen and oxygen atoms in total. The Morgan fingerprint density at radius 2 is 1.75 bits per heavy atom. The van der Waals surface area contributed by atoms with Gasteiger partial charge >= 0.3 is 0 Å². The first-order chi connectivity index (χ1) is 24.2. The molecule has 0 unspecified atom stereocenters. The number of likely N-dealkylation sites (tertiary alicyclic amines) is 1. The predicted molar refractivity (Wildman–Crippen MR) is 194 cm³/mol. The first-order valence-electron chi connectivity index (χ1n) is 18.2. The second-order valence-corrected chi connectivity index (χ2v) is 15.8. The fourth-order valence-corrected chi connectivity index (χ4v) is 7.90. The number of benzene rings is 1. The molecule has 2 aliphatic heterocycles. The molecular weight excluding hydrogens is 676 g/mol. The van der Waals surface area contributed by atoms with Gasteiger partial charge in [-0.2, -0.15) is 0 Å². The number of amides is 2. The van der Waals surface area contributed by atoms with E-state index in [2.05, 4.69) is 10.5 Å². The summed E-state index contributed by atoms with van der Waals surface area (Å²) in [5, 5.41) is 7.80. The molecule has 0 aromatic heterocycles. The van der Waals surface area contributed by atoms with Gasteiger partial charge in [0.2, 0.25) is 23.4 Å². The molecule has 51 heavy (non-hydrogen) atoms. The van der Waals surface area contributed by atoms with E-state index in [9.17, 15) is 24.0 Å². The SMILES string of the molecule is CCC[C@H](CC(=O)[C@@H]1C[C@]2(CC(c3cc(Cl)c(OC)cc3OC)=NO2)CN1C(=O)[C@@H](NC(=O)CC1CCCCCC1)C(C)(C)C)C(=O)C(=O)CN. The van der Waals surface area contributed by atoms with E-state index in [0.29, 0.717) is 47.1 Å². The van der Waals surface area contributed by atoms with Crippen LogP contribution in [0, 0.1) is 17.3 Å². The molecule has 1 aliphatic carbocycles. The lowest BCUT2D eigenvalue weighted by Crippen LogP contribution is -2.57. The molecule has 3 aliphatic rings. The van der Waals surface area contributed by atoms with Crippen LogP contribution in [0.4, 0.5) is 0 Å². The van der Waals surface area contributed by atoms with Crippen LogP contribution in [0.1, 0.15) is 110 Å². The lowest BCUT2D eigenvalue weighted by atomic mass is 9.84. The molecular formula is C38H55ClN4O8. The third kappa shape index (κ3) is 9.68. The first kappa shape index (κ1) is 40.3. The number of hydrogen-bond donors (Lipinski definition) is 2. The Labute approximate surface area is 306 Å². The second kappa shape index (κ2) is 17.3. The van der Waals surface area contributed by atoms with Gasteiger partial charge in [-0.15, -0.1) is 0 Å². The topological polar surface area (TPSA) is 167 Å². The second-order valence-electron chi connectivity index (χ2n) is 15.4. The zero-order valence-corrected chi connectivity index (χ0v) is 31.7. The summed E-state index contributed by atoms with van der Waals surface area (Å²) >= 11 is 6.47. The van der Waals surface area contributed by atoms with Crippen molar-refractivity contribution in [2.45, 2.75) is 122 Å². The number of ether oxygens (including phenoxy) is 2. The molecule has 282 valence electrons. The number of ketones is 3. The Kier molecular flexibility index (Phi) is 13.7. The van der Waals surface area contributed by atoms with Gasteiger partial charge in [0.05, 0.1) is 44.1 Å². The number of hydrogen-bond acceptors (Lipinski definition) is 10. The highest BCUT2D eigenvalue weighted by Crippen LogP contribution is 2.43. The number of nitrogens with two attached hydrogens (primary N) is 1. The number of carbonyl (C=O) groups is 5. The van der Waals surface area contributed by atoms with Gasteiger partial charge in [-0.3, -0.25) is 24.0 Å². The van der Waals surface area contributed by atoms with Crippen LogP contribution in [-0.4, -0.2) is 84.8 Å². The summed E-state index contributed by atoms with van der Waals surface area (Å²) in [5.41, 5.74) is 4.83. The lowest BCUT2D eigenvalue weighted by Gasteiger charge is -2.36. The molecule has 4 rings (SSSR count). The average Bonchev–Trinajstić information content (AvgIpc) is 3.59. The predicted octanol–water partition coefficient (Wildman–Crippen LogP) is 5.19. The summed E-state index contributed by atoms with van der Waals surface area (Å²) in [5.74, 6) is -2.07. The van der Waals surface area contributed by atoms with Gasteiger partial charge in [0.15, 0.2) is 11.4 Å². The van der Waals surface area contributed by atoms with E-state index >= 15 is 0 Å². The van der Waals surface area contributed by atoms with Gasteiger partial charge in [0.1, 0.15) is 17.5 Å². The summed E-state index contributed by atoms with van der Waals surface area (Å²) in [6.45, 7) is 7.09. The Balaban J connectivity index is 1.65. The third-order valence-corrected chi connectivity index (χ3v) is 10.8. The normalized spacial score (nSPS) is 22.1. The minimum absolute atomic E-state index is 0.0145. The van der Waals surface area contributed by atoms with Crippen molar-refractivity contribution in [2.24, 2.45) is 28.1 Å². The van der Waals surface area contributed by atoms with Crippen molar-refractivity contribution in [3.8, 4) is 11.5 Å². The molecule has 13 heteroatoms. The monoisotopic (exact) mass is 730 g/mol. The fourth-order valence-electron chi connectivity index (χ4n) is 7.66. The van der Waals surface area contributed by atoms with E-state index in [0.717, 1.165) is 25.7 Å². The molecule has 1 saturated heterocycles. The van der Waals surface area contributed by atoms with Gasteiger partial charge in [0, 0.05) is 43.2 Å². The largest absolute Gasteiger partial charge is 0.496 e. The van der Waals surface area contributed by atoms with E-state index in [4.69, 9.17) is 31.6 Å². The van der Waals surface area contributed by atoms with E-state index in [-0.39, 0.29) is 43.4 Å². The quantitative estimate of drug-likeness (QED) is 0.183. The number of nitrogens with zero attached hydrogens (tertiary/aromatic N) is 2. The molecule has 1 aromatic rings. The van der Waals surface area contributed by atoms with Gasteiger partial charge in [-0.1, -0.05) is 76.6 Å². The third-order valence-electron chi connectivity index (χ3n) is 10.5. The molecule has 3 N–H and O–H groups in total. The zero-order valence-electron chi connectivity index (χ0n) is 31.0. The van der Waals surface area contributed by atoms with E-state index in [1.54, 1.807) is 12.1 Å². The summed E-state index contributed by atoms with van der Waals surface area (Å²) in [6.07, 6.45) is 7.85. The van der Waals surface area contributed by atoms with Crippen molar-refractivity contribution < 1.29 is 38.3 Å². The lowest BCUT2D eigenvalue weighted by molar-refractivity contribution is -0.145. The van der Waals surface area contributed by atoms with Crippen LogP contribution in [-0.2, 0) is 28.8 Å². The number of nitrogens with one attached hydrogen (secondary N) is 1. The molecule has 2 fully saturated rings. The first-order valence-corrected chi connectivity index (χ1v) is 18.6. The van der Waals surface area contributed by atoms with Crippen molar-refractivity contribution in [1.82, 2.24) is 10.2 Å². The zero-order chi connectivity index (χ0) is 37.5. The maximum Gasteiger partial charge on any atom is 0.246 e. The number of methoxy groups -OCH3 is 2. The maximum absolute atomic E-state index is 14.7. The standard InChI is InChI=1S/C38H55ClN4O8/c1-7-12-24(34(47)30(45)21-40)16-29(44)28-20-38(19-27(42-51-38)25-17-26(39)32(50-6)18-31(25)49-5)22-43(28)36(48)35(37(2,3)4)41-33(46)15-23-13-10-8-9-11-14-23/h17-18,23-24,28,35H,7-16,19-22,40H2,1-6H3,(H,41,46)/t24-,28+,35-,38-/m1/s1. The van der Waals surface area contributed by atoms with Gasteiger partial charge in [-0.25, -0.2) is 0 Å². The molecule has 1 aromatic carbocycles. The molecule has 1 spiro atoms. The highest BCUT2D eigenvalue weighted by Gasteiger charge is 2.55. The van der Waals surface area contributed by atoms with Crippen LogP contribution in [0.15, 0.2) is 17.3 Å². The van der Waals surface area contributed by atoms with Crippen LogP contribution in [0.2, 0.25) is 5.02 Å². The van der Waals surface area contributed by atoms with Crippen LogP contribution in [0.3, 0.4) is 0 Å². The Morgan fingerprint density at radius 3 is 2.33 bits per heavy atom. The maximum atomic E-state index is 14.7. The van der Waals surface area contributed by atoms with Crippen LogP contribution in [0.5, 0.6) is 11.5 Å². The van der Waals surface area contributed by atoms with E-state index in [1.165, 1.54) is 32.0 Å². The van der Waals surface area contributed by atoms with Gasteiger partial charge < -0.3 is 30.3 Å². The summed E-state index contributed by atoms with van der Waals surface area (Å²) in [4.78, 5) is 75.3. The number of halogens is 1. The highest BCUT2D eigenvalue weighted by atomic mass is 35.5. The van der Waals surface area contributed by atoms with Gasteiger partial charge in [-0.05, 0) is 36.7 Å². The summed E-state index contributed by atoms with van der Waals surface area (Å²) in [7, 11) is 3.02. The van der Waals surface area contributed by atoms with Crippen LogP contribution < -0.4 is 20.5 Å². The summed E-state index contributed by atoms with van der Waals surface area (Å²) < 4.78 is 11.0. The van der Waals surface area contributed by atoms with E-state index in [1.807, 2.05) is 27.7 Å². The molecule has 4 atom stereocenters. The fraction of sp³-hybridized carbons (Fsp3) is 0.684. The summed E-state index contributed by atoms with van der Waals surface area (Å²) in [6, 6.07) is 1.41. The number of oxime groups is 1. The molecule has 0 radical (unpaired) electrons. The van der Waals surface area contributed by atoms with Crippen molar-refractivity contribution in [1.29, 1.82) is 0 Å². The molecule has 0 bridgehead atoms. The number of Topliss-reactive ketones (excluding diaryl/α,β-unsaturated/α-hetero) is 3. The molecule has 2 heterocycles.